The van der Waals surface area contributed by atoms with Crippen molar-refractivity contribution in [3.05, 3.63) is 22.3 Å². The van der Waals surface area contributed by atoms with Crippen LogP contribution in [0.3, 0.4) is 0 Å². The first-order chi connectivity index (χ1) is 28.7. The summed E-state index contributed by atoms with van der Waals surface area (Å²) in [7, 11) is 1.70. The number of carboxylic acid groups (broad SMARTS) is 4. The smallest absolute Gasteiger partial charge is 0.549 e. The van der Waals surface area contributed by atoms with E-state index in [0.29, 0.717) is 55.3 Å². The summed E-state index contributed by atoms with van der Waals surface area (Å²) in [4.78, 5) is 77.3. The third-order valence-electron chi connectivity index (χ3n) is 9.20. The molecule has 9 N–H and O–H groups in total. The second kappa shape index (κ2) is 33.6. The first-order valence-corrected chi connectivity index (χ1v) is 22.5. The number of likely N-dealkylation sites (N-methyl/N-ethyl adjacent to an activating group) is 1. The van der Waals surface area contributed by atoms with Gasteiger partial charge in [0.2, 0.25) is 11.8 Å². The maximum absolute atomic E-state index is 12.8. The van der Waals surface area contributed by atoms with E-state index < -0.39 is 61.4 Å². The molecule has 62 heavy (non-hydrogen) atoms. The fraction of sp³-hybridized carbons (Fsp3) is 0.667. The van der Waals surface area contributed by atoms with Crippen molar-refractivity contribution in [3.63, 3.8) is 0 Å². The summed E-state index contributed by atoms with van der Waals surface area (Å²) in [6.07, 6.45) is -3.53. The van der Waals surface area contributed by atoms with Crippen molar-refractivity contribution in [3.8, 4) is 0 Å². The van der Waals surface area contributed by atoms with Gasteiger partial charge >= 0.3 is 39.9 Å². The van der Waals surface area contributed by atoms with Crippen LogP contribution in [0, 0.1) is 50.7 Å². The van der Waals surface area contributed by atoms with Gasteiger partial charge in [-0.05, 0) is 86.7 Å². The molecular weight excluding hydrogens is 1310 g/mol. The molecule has 0 aliphatic carbocycles. The minimum absolute atomic E-state index is 0. The van der Waals surface area contributed by atoms with Gasteiger partial charge in [0.15, 0.2) is 0 Å². The zero-order chi connectivity index (χ0) is 46.2. The molecule has 1 aromatic rings. The number of aliphatic hydroxyl groups is 5. The van der Waals surface area contributed by atoms with Crippen LogP contribution in [0.4, 0.5) is 5.69 Å². The maximum atomic E-state index is 12.8. The van der Waals surface area contributed by atoms with Crippen molar-refractivity contribution in [2.45, 2.75) is 50.1 Å². The molecular formula is C36H55GdI3N7O15. The molecule has 2 amide bonds. The number of benzene rings is 1. The quantitative estimate of drug-likeness (QED) is 0.0395. The summed E-state index contributed by atoms with van der Waals surface area (Å²) >= 11 is 5.83. The molecule has 0 saturated carbocycles. The van der Waals surface area contributed by atoms with Gasteiger partial charge in [-0.3, -0.25) is 29.2 Å². The Morgan fingerprint density at radius 2 is 1.11 bits per heavy atom. The molecule has 1 aliphatic heterocycles. The molecule has 0 aromatic heterocycles. The molecule has 4 atom stereocenters. The van der Waals surface area contributed by atoms with Crippen LogP contribution in [0.2, 0.25) is 0 Å². The third kappa shape index (κ3) is 25.2. The Labute approximate surface area is 432 Å². The minimum Gasteiger partial charge on any atom is -0.549 e. The van der Waals surface area contributed by atoms with E-state index in [4.69, 9.17) is 15.3 Å². The SMILES string of the molecule is C[NH2+]C[C@H](O)[C@@H](O)[C@H](O)[C@H](O)CO.O=C([O-])CN1CCN(CC(=O)[O-])CCN(CC(=O)NCCCCCC(=O)Nc2c(I)cc(I)c(C(=O)[O-])c2I)CCN(CC(=O)[O-])CC1.[Gd+3]. The van der Waals surface area contributed by atoms with Gasteiger partial charge in [-0.25, -0.2) is 0 Å². The van der Waals surface area contributed by atoms with E-state index in [2.05, 4.69) is 10.6 Å². The Morgan fingerprint density at radius 3 is 1.52 bits per heavy atom. The van der Waals surface area contributed by atoms with E-state index in [1.54, 1.807) is 38.0 Å². The maximum Gasteiger partial charge on any atom is 3.00 e. The van der Waals surface area contributed by atoms with E-state index in [0.717, 1.165) is 0 Å². The number of halogens is 3. The number of aliphatic hydroxyl groups excluding tert-OH is 5. The van der Waals surface area contributed by atoms with Crippen LogP contribution in [0.5, 0.6) is 0 Å². The fourth-order valence-corrected chi connectivity index (χ4v) is 9.95. The Bertz CT molecular complexity index is 1560. The topological polar surface area (TPSA) is 349 Å². The fourth-order valence-electron chi connectivity index (χ4n) is 5.87. The van der Waals surface area contributed by atoms with E-state index >= 15 is 0 Å². The number of anilines is 1. The number of nitrogens with one attached hydrogen (secondary N) is 2. The standard InChI is InChI=1S/C29H41I3N6O10.C7H17NO5.Gd/c30-19-14-20(31)28(27(32)26(19)29(47)48)34-21(39)4-2-1-3-5-33-22(40)15-35-6-8-36(16-23(41)42)10-12-38(18-25(45)46)13-11-37(9-7-35)17-24(43)44;1-8-2-4(10)6(12)7(13)5(11)3-9;/h14H,1-13,15-18H2,(H,33,40)(H,34,39)(H,41,42)(H,43,44)(H,45,46)(H,47,48);4-13H,2-3H2,1H3;/q;;+3/p-3/t;4-,5+,6+,7+;/m.0./s1. The van der Waals surface area contributed by atoms with Crippen molar-refractivity contribution in [1.82, 2.24) is 24.9 Å². The number of nitrogens with zero attached hydrogens (tertiary/aromatic N) is 4. The second-order valence-electron chi connectivity index (χ2n) is 14.1. The molecule has 2 rings (SSSR count). The number of aliphatic carboxylic acids is 3. The Balaban J connectivity index is 0.00000228. The van der Waals surface area contributed by atoms with Crippen LogP contribution in [0.1, 0.15) is 36.0 Å². The monoisotopic (exact) mass is 1360 g/mol. The van der Waals surface area contributed by atoms with E-state index in [1.807, 2.05) is 67.8 Å². The number of carboxylic acids is 4. The molecule has 22 nitrogen and oxygen atoms in total. The van der Waals surface area contributed by atoms with Crippen molar-refractivity contribution < 1.29 is 120 Å². The average molecular weight is 1360 g/mol. The van der Waals surface area contributed by atoms with Gasteiger partial charge in [0.1, 0.15) is 31.0 Å². The molecule has 26 heteroatoms. The second-order valence-corrected chi connectivity index (χ2v) is 17.5. The number of aromatic carboxylic acids is 1. The predicted molar refractivity (Wildman–Crippen MR) is 234 cm³/mol. The summed E-state index contributed by atoms with van der Waals surface area (Å²) in [5, 5.41) is 97.6. The van der Waals surface area contributed by atoms with Crippen LogP contribution in [-0.4, -0.2) is 211 Å². The molecule has 0 spiro atoms. The average Bonchev–Trinajstić information content (AvgIpc) is 3.17. The number of carbonyl (C=O) groups excluding carboxylic acids is 6. The van der Waals surface area contributed by atoms with Crippen molar-refractivity contribution in [2.24, 2.45) is 0 Å². The van der Waals surface area contributed by atoms with Gasteiger partial charge in [-0.2, -0.15) is 0 Å². The molecule has 1 saturated heterocycles. The largest absolute Gasteiger partial charge is 3.00 e. The molecule has 1 fully saturated rings. The predicted octanol–water partition coefficient (Wildman–Crippen LogP) is -8.43. The van der Waals surface area contributed by atoms with Crippen molar-refractivity contribution >= 4 is 109 Å². The Morgan fingerprint density at radius 1 is 0.677 bits per heavy atom. The van der Waals surface area contributed by atoms with Gasteiger partial charge in [-0.15, -0.1) is 0 Å². The number of rotatable bonds is 22. The first kappa shape index (κ1) is 61.2. The van der Waals surface area contributed by atoms with Gasteiger partial charge in [0.25, 0.3) is 0 Å². The summed E-state index contributed by atoms with van der Waals surface area (Å²) < 4.78 is 1.62. The van der Waals surface area contributed by atoms with E-state index in [1.165, 1.54) is 0 Å². The molecule has 1 radical (unpaired) electrons. The van der Waals surface area contributed by atoms with Crippen LogP contribution in [-0.2, 0) is 24.0 Å². The Kier molecular flexibility index (Phi) is 33.1. The van der Waals surface area contributed by atoms with Crippen LogP contribution in [0.25, 0.3) is 0 Å². The minimum atomic E-state index is -1.53. The first-order valence-electron chi connectivity index (χ1n) is 19.3. The molecule has 1 aromatic carbocycles. The number of quaternary nitrogens is 1. The number of hydrogen-bond donors (Lipinski definition) is 8. The van der Waals surface area contributed by atoms with E-state index in [-0.39, 0.29) is 129 Å². The number of amides is 2. The van der Waals surface area contributed by atoms with Crippen LogP contribution < -0.4 is 36.4 Å². The molecule has 0 bridgehead atoms. The Hall–Kier alpha value is -0.845. The molecule has 1 heterocycles. The zero-order valence-electron chi connectivity index (χ0n) is 34.0. The van der Waals surface area contributed by atoms with Crippen LogP contribution >= 0.6 is 67.8 Å². The van der Waals surface area contributed by atoms with Crippen molar-refractivity contribution in [2.75, 3.05) is 111 Å². The third-order valence-corrected chi connectivity index (χ3v) is 12.0. The molecule has 353 valence electrons. The summed E-state index contributed by atoms with van der Waals surface area (Å²) in [6.45, 7) is 0.674. The molecule has 1 aliphatic rings. The van der Waals surface area contributed by atoms with E-state index in [9.17, 15) is 59.4 Å². The summed E-state index contributed by atoms with van der Waals surface area (Å²) in [5.74, 6) is -5.74. The number of nitrogens with two attached hydrogens (primary N) is 1. The number of unbranched alkanes of at least 4 members (excludes halogenated alkanes) is 2. The zero-order valence-corrected chi connectivity index (χ0v) is 42.7. The summed E-state index contributed by atoms with van der Waals surface area (Å²) in [5.41, 5.74) is 0.459. The van der Waals surface area contributed by atoms with Gasteiger partial charge in [-0.1, -0.05) is 6.42 Å². The normalized spacial score (nSPS) is 16.7. The van der Waals surface area contributed by atoms with Gasteiger partial charge < -0.3 is 81.1 Å². The summed E-state index contributed by atoms with van der Waals surface area (Å²) in [6, 6.07) is 1.66. The van der Waals surface area contributed by atoms with Gasteiger partial charge in [0.05, 0.1) is 49.8 Å². The number of hydrogen-bond acceptors (Lipinski definition) is 19. The molecule has 0 unspecified atom stereocenters. The number of carbonyl (C=O) groups is 6. The van der Waals surface area contributed by atoms with Crippen molar-refractivity contribution in [1.29, 1.82) is 0 Å². The van der Waals surface area contributed by atoms with Crippen LogP contribution in [0.15, 0.2) is 6.07 Å². The van der Waals surface area contributed by atoms with Gasteiger partial charge in [0, 0.05) is 101 Å².